The summed E-state index contributed by atoms with van der Waals surface area (Å²) in [6.07, 6.45) is 7.64. The normalized spacial score (nSPS) is 18.1. The summed E-state index contributed by atoms with van der Waals surface area (Å²) in [4.78, 5) is 9.03. The second kappa shape index (κ2) is 6.73. The molecule has 0 radical (unpaired) electrons. The Labute approximate surface area is 116 Å². The molecule has 2 N–H and O–H groups in total. The van der Waals surface area contributed by atoms with Gasteiger partial charge in [-0.15, -0.1) is 0 Å². The molecule has 1 atom stereocenters. The minimum absolute atomic E-state index is 0.407. The predicted molar refractivity (Wildman–Crippen MR) is 80.6 cm³/mol. The topological polar surface area (TPSA) is 49.8 Å². The van der Waals surface area contributed by atoms with Crippen molar-refractivity contribution in [3.05, 3.63) is 11.8 Å². The van der Waals surface area contributed by atoms with Crippen molar-refractivity contribution in [2.75, 3.05) is 10.6 Å². The maximum atomic E-state index is 4.58. The van der Waals surface area contributed by atoms with E-state index in [9.17, 15) is 0 Å². The molecule has 0 saturated heterocycles. The van der Waals surface area contributed by atoms with E-state index in [4.69, 9.17) is 0 Å². The van der Waals surface area contributed by atoms with Gasteiger partial charge in [-0.2, -0.15) is 4.98 Å². The Morgan fingerprint density at radius 1 is 1.26 bits per heavy atom. The summed E-state index contributed by atoms with van der Waals surface area (Å²) in [5, 5.41) is 6.91. The predicted octanol–water partition coefficient (Wildman–Crippen LogP) is 3.74. The third-order valence-electron chi connectivity index (χ3n) is 3.80. The largest absolute Gasteiger partial charge is 0.367 e. The summed E-state index contributed by atoms with van der Waals surface area (Å²) in [5.74, 6) is 1.71. The van der Waals surface area contributed by atoms with Gasteiger partial charge in [-0.1, -0.05) is 26.2 Å². The number of hydrogen-bond acceptors (Lipinski definition) is 4. The van der Waals surface area contributed by atoms with Crippen LogP contribution >= 0.6 is 0 Å². The minimum atomic E-state index is 0.407. The fraction of sp³-hybridized carbons (Fsp3) is 0.733. The molecule has 106 valence electrons. The van der Waals surface area contributed by atoms with Crippen molar-refractivity contribution in [2.24, 2.45) is 0 Å². The molecule has 1 fully saturated rings. The lowest BCUT2D eigenvalue weighted by atomic mass is 9.95. The zero-order chi connectivity index (χ0) is 13.7. The first kappa shape index (κ1) is 14.1. The van der Waals surface area contributed by atoms with Gasteiger partial charge in [-0.3, -0.25) is 0 Å². The van der Waals surface area contributed by atoms with E-state index in [-0.39, 0.29) is 0 Å². The van der Waals surface area contributed by atoms with Crippen LogP contribution in [0.3, 0.4) is 0 Å². The van der Waals surface area contributed by atoms with E-state index in [0.717, 1.165) is 23.9 Å². The molecule has 4 heteroatoms. The van der Waals surface area contributed by atoms with Crippen LogP contribution in [0.4, 0.5) is 11.8 Å². The standard InChI is InChI=1S/C15H26N4/c1-4-11(2)16-15-17-12(3)10-14(19-15)18-13-8-6-5-7-9-13/h10-11,13H,4-9H2,1-3H3,(H2,16,17,18,19). The van der Waals surface area contributed by atoms with E-state index in [1.54, 1.807) is 0 Å². The van der Waals surface area contributed by atoms with Gasteiger partial charge in [-0.25, -0.2) is 4.98 Å². The molecular formula is C15H26N4. The van der Waals surface area contributed by atoms with E-state index in [0.29, 0.717) is 12.1 Å². The number of aromatic nitrogens is 2. The molecule has 2 rings (SSSR count). The van der Waals surface area contributed by atoms with Gasteiger partial charge in [0.15, 0.2) is 0 Å². The number of hydrogen-bond donors (Lipinski definition) is 2. The van der Waals surface area contributed by atoms with Crippen LogP contribution in [0.25, 0.3) is 0 Å². The Bertz CT molecular complexity index is 399. The average molecular weight is 262 g/mol. The molecular weight excluding hydrogens is 236 g/mol. The highest BCUT2D eigenvalue weighted by Crippen LogP contribution is 2.21. The lowest BCUT2D eigenvalue weighted by Crippen LogP contribution is -2.23. The van der Waals surface area contributed by atoms with Crippen LogP contribution in [0.5, 0.6) is 0 Å². The molecule has 4 nitrogen and oxygen atoms in total. The molecule has 1 aromatic rings. The van der Waals surface area contributed by atoms with Crippen LogP contribution in [0.15, 0.2) is 6.07 Å². The molecule has 1 heterocycles. The highest BCUT2D eigenvalue weighted by Gasteiger charge is 2.14. The fourth-order valence-electron chi connectivity index (χ4n) is 2.49. The summed E-state index contributed by atoms with van der Waals surface area (Å²) in [7, 11) is 0. The molecule has 0 aliphatic heterocycles. The molecule has 19 heavy (non-hydrogen) atoms. The lowest BCUT2D eigenvalue weighted by molar-refractivity contribution is 0.462. The first-order valence-corrected chi connectivity index (χ1v) is 7.56. The first-order valence-electron chi connectivity index (χ1n) is 7.56. The molecule has 1 aromatic heterocycles. The summed E-state index contributed by atoms with van der Waals surface area (Å²) >= 11 is 0. The third kappa shape index (κ3) is 4.37. The maximum Gasteiger partial charge on any atom is 0.225 e. The van der Waals surface area contributed by atoms with Gasteiger partial charge in [0.05, 0.1) is 0 Å². The summed E-state index contributed by atoms with van der Waals surface area (Å²) in [5.41, 5.74) is 1.01. The number of aryl methyl sites for hydroxylation is 1. The zero-order valence-corrected chi connectivity index (χ0v) is 12.4. The maximum absolute atomic E-state index is 4.58. The van der Waals surface area contributed by atoms with Crippen LogP contribution in [0, 0.1) is 6.92 Å². The van der Waals surface area contributed by atoms with E-state index in [1.807, 2.05) is 13.0 Å². The van der Waals surface area contributed by atoms with E-state index >= 15 is 0 Å². The summed E-state index contributed by atoms with van der Waals surface area (Å²) < 4.78 is 0. The van der Waals surface area contributed by atoms with Gasteiger partial charge < -0.3 is 10.6 Å². The lowest BCUT2D eigenvalue weighted by Gasteiger charge is -2.23. The van der Waals surface area contributed by atoms with Crippen LogP contribution in [0.2, 0.25) is 0 Å². The van der Waals surface area contributed by atoms with E-state index in [1.165, 1.54) is 32.1 Å². The second-order valence-corrected chi connectivity index (χ2v) is 5.65. The molecule has 0 aromatic carbocycles. The van der Waals surface area contributed by atoms with Crippen LogP contribution in [0.1, 0.15) is 58.1 Å². The van der Waals surface area contributed by atoms with Gasteiger partial charge in [-0.05, 0) is 33.1 Å². The molecule has 0 amide bonds. The molecule has 0 bridgehead atoms. The van der Waals surface area contributed by atoms with Gasteiger partial charge >= 0.3 is 0 Å². The quantitative estimate of drug-likeness (QED) is 0.848. The van der Waals surface area contributed by atoms with Gasteiger partial charge in [0, 0.05) is 23.8 Å². The SMILES string of the molecule is CCC(C)Nc1nc(C)cc(NC2CCCCC2)n1. The Hall–Kier alpha value is -1.32. The van der Waals surface area contributed by atoms with Crippen molar-refractivity contribution in [1.29, 1.82) is 0 Å². The number of rotatable bonds is 5. The highest BCUT2D eigenvalue weighted by atomic mass is 15.2. The Morgan fingerprint density at radius 3 is 2.68 bits per heavy atom. The molecule has 0 spiro atoms. The summed E-state index contributed by atoms with van der Waals surface area (Å²) in [6, 6.07) is 3.03. The molecule has 1 unspecified atom stereocenters. The van der Waals surface area contributed by atoms with Gasteiger partial charge in [0.1, 0.15) is 5.82 Å². The minimum Gasteiger partial charge on any atom is -0.367 e. The van der Waals surface area contributed by atoms with Gasteiger partial charge in [0.25, 0.3) is 0 Å². The number of anilines is 2. The Morgan fingerprint density at radius 2 is 2.00 bits per heavy atom. The van der Waals surface area contributed by atoms with Crippen molar-refractivity contribution >= 4 is 11.8 Å². The highest BCUT2D eigenvalue weighted by molar-refractivity contribution is 5.43. The fourth-order valence-corrected chi connectivity index (χ4v) is 2.49. The third-order valence-corrected chi connectivity index (χ3v) is 3.80. The van der Waals surface area contributed by atoms with E-state index in [2.05, 4.69) is 34.4 Å². The van der Waals surface area contributed by atoms with Gasteiger partial charge in [0.2, 0.25) is 5.95 Å². The second-order valence-electron chi connectivity index (χ2n) is 5.65. The monoisotopic (exact) mass is 262 g/mol. The van der Waals surface area contributed by atoms with Crippen molar-refractivity contribution in [2.45, 2.75) is 71.4 Å². The van der Waals surface area contributed by atoms with Crippen molar-refractivity contribution in [3.8, 4) is 0 Å². The zero-order valence-electron chi connectivity index (χ0n) is 12.4. The van der Waals surface area contributed by atoms with Crippen molar-refractivity contribution in [3.63, 3.8) is 0 Å². The number of nitrogens with one attached hydrogen (secondary N) is 2. The van der Waals surface area contributed by atoms with Crippen LogP contribution in [-0.2, 0) is 0 Å². The molecule has 1 aliphatic carbocycles. The molecule has 1 aliphatic rings. The van der Waals surface area contributed by atoms with Crippen LogP contribution < -0.4 is 10.6 Å². The average Bonchev–Trinajstić information content (AvgIpc) is 2.39. The summed E-state index contributed by atoms with van der Waals surface area (Å²) in [6.45, 7) is 6.34. The van der Waals surface area contributed by atoms with Crippen molar-refractivity contribution < 1.29 is 0 Å². The first-order chi connectivity index (χ1) is 9.17. The Balaban J connectivity index is 2.03. The molecule has 1 saturated carbocycles. The Kier molecular flexibility index (Phi) is 5.00. The van der Waals surface area contributed by atoms with E-state index < -0.39 is 0 Å². The van der Waals surface area contributed by atoms with Crippen molar-refractivity contribution in [1.82, 2.24) is 9.97 Å². The smallest absolute Gasteiger partial charge is 0.225 e. The van der Waals surface area contributed by atoms with Crippen LogP contribution in [-0.4, -0.2) is 22.1 Å². The number of nitrogens with zero attached hydrogens (tertiary/aromatic N) is 2.